The van der Waals surface area contributed by atoms with Gasteiger partial charge in [-0.1, -0.05) is 6.92 Å². The number of nitrogens with zero attached hydrogens (tertiary/aromatic N) is 3. The van der Waals surface area contributed by atoms with Crippen molar-refractivity contribution in [3.8, 4) is 11.5 Å². The molecule has 2 aromatic rings. The van der Waals surface area contributed by atoms with E-state index in [0.717, 1.165) is 37.7 Å². The first-order chi connectivity index (χ1) is 13.1. The highest BCUT2D eigenvalue weighted by atomic mass is 16.6. The van der Waals surface area contributed by atoms with E-state index in [9.17, 15) is 4.79 Å². The number of fused-ring (bicyclic) bond motifs is 1. The van der Waals surface area contributed by atoms with Crippen molar-refractivity contribution in [2.75, 3.05) is 36.5 Å². The largest absolute Gasteiger partial charge is 0.486 e. The lowest BCUT2D eigenvalue weighted by Gasteiger charge is -2.31. The minimum Gasteiger partial charge on any atom is -0.486 e. The van der Waals surface area contributed by atoms with E-state index >= 15 is 0 Å². The Hall–Kier alpha value is -2.83. The molecular formula is C20H24N4O3. The van der Waals surface area contributed by atoms with Gasteiger partial charge in [-0.05, 0) is 37.8 Å². The molecule has 1 N–H and O–H groups in total. The van der Waals surface area contributed by atoms with Crippen molar-refractivity contribution >= 4 is 17.4 Å². The smallest absolute Gasteiger partial charge is 0.274 e. The third kappa shape index (κ3) is 3.97. The van der Waals surface area contributed by atoms with E-state index in [0.29, 0.717) is 41.9 Å². The molecule has 1 saturated heterocycles. The molecule has 1 fully saturated rings. The molecular weight excluding hydrogens is 344 g/mol. The molecule has 7 heteroatoms. The number of aryl methyl sites for hydroxylation is 1. The maximum Gasteiger partial charge on any atom is 0.274 e. The van der Waals surface area contributed by atoms with E-state index < -0.39 is 0 Å². The summed E-state index contributed by atoms with van der Waals surface area (Å²) < 4.78 is 11.1. The summed E-state index contributed by atoms with van der Waals surface area (Å²) in [4.78, 5) is 23.8. The highest BCUT2D eigenvalue weighted by Gasteiger charge is 2.20. The lowest BCUT2D eigenvalue weighted by atomic mass is 9.99. The zero-order valence-electron chi connectivity index (χ0n) is 15.7. The summed E-state index contributed by atoms with van der Waals surface area (Å²) in [5.41, 5.74) is 1.01. The molecule has 2 aliphatic heterocycles. The van der Waals surface area contributed by atoms with Crippen molar-refractivity contribution in [3.63, 3.8) is 0 Å². The van der Waals surface area contributed by atoms with Crippen molar-refractivity contribution in [2.24, 2.45) is 5.92 Å². The second kappa shape index (κ2) is 7.42. The predicted octanol–water partition coefficient (Wildman–Crippen LogP) is 3.04. The van der Waals surface area contributed by atoms with Crippen LogP contribution in [0.4, 0.5) is 11.5 Å². The van der Waals surface area contributed by atoms with Crippen molar-refractivity contribution in [3.05, 3.63) is 35.8 Å². The van der Waals surface area contributed by atoms with Gasteiger partial charge in [-0.25, -0.2) is 9.97 Å². The van der Waals surface area contributed by atoms with Crippen LogP contribution >= 0.6 is 0 Å². The number of anilines is 2. The Morgan fingerprint density at radius 1 is 1.11 bits per heavy atom. The second-order valence-electron chi connectivity index (χ2n) is 7.14. The maximum absolute atomic E-state index is 12.7. The van der Waals surface area contributed by atoms with Crippen molar-refractivity contribution in [2.45, 2.75) is 26.7 Å². The second-order valence-corrected chi connectivity index (χ2v) is 7.14. The van der Waals surface area contributed by atoms with Gasteiger partial charge in [0, 0.05) is 30.9 Å². The topological polar surface area (TPSA) is 76.6 Å². The Morgan fingerprint density at radius 2 is 1.85 bits per heavy atom. The van der Waals surface area contributed by atoms with Crippen molar-refractivity contribution in [1.29, 1.82) is 0 Å². The summed E-state index contributed by atoms with van der Waals surface area (Å²) in [5, 5.41) is 2.89. The van der Waals surface area contributed by atoms with Crippen LogP contribution in [0.3, 0.4) is 0 Å². The fraction of sp³-hybridized carbons (Fsp3) is 0.450. The molecule has 4 rings (SSSR count). The predicted molar refractivity (Wildman–Crippen MR) is 103 cm³/mol. The Bertz CT molecular complexity index is 847. The van der Waals surface area contributed by atoms with Gasteiger partial charge in [0.25, 0.3) is 5.91 Å². The zero-order chi connectivity index (χ0) is 18.8. The number of rotatable bonds is 3. The third-order valence-electron chi connectivity index (χ3n) is 4.96. The van der Waals surface area contributed by atoms with Crippen LogP contribution in [-0.4, -0.2) is 42.2 Å². The van der Waals surface area contributed by atoms with Crippen LogP contribution in [0.5, 0.6) is 11.5 Å². The normalized spacial score (nSPS) is 16.9. The highest BCUT2D eigenvalue weighted by molar-refractivity contribution is 6.03. The van der Waals surface area contributed by atoms with Crippen molar-refractivity contribution < 1.29 is 14.3 Å². The molecule has 0 unspecified atom stereocenters. The van der Waals surface area contributed by atoms with Crippen LogP contribution in [0.1, 0.15) is 36.1 Å². The van der Waals surface area contributed by atoms with Crippen LogP contribution in [0.2, 0.25) is 0 Å². The number of hydrogen-bond acceptors (Lipinski definition) is 6. The monoisotopic (exact) mass is 368 g/mol. The molecule has 0 atom stereocenters. The van der Waals surface area contributed by atoms with E-state index in [1.54, 1.807) is 24.3 Å². The molecule has 1 amide bonds. The van der Waals surface area contributed by atoms with E-state index in [-0.39, 0.29) is 5.91 Å². The third-order valence-corrected chi connectivity index (χ3v) is 4.96. The molecule has 2 aliphatic rings. The molecule has 3 heterocycles. The van der Waals surface area contributed by atoms with E-state index in [2.05, 4.69) is 27.1 Å². The standard InChI is InChI=1S/C20H24N4O3/c1-13-5-7-24(8-6-13)19-12-16(21-14(2)22-19)20(25)23-15-3-4-17-18(11-15)27-10-9-26-17/h3-4,11-13H,5-10H2,1-2H3,(H,23,25). The summed E-state index contributed by atoms with van der Waals surface area (Å²) >= 11 is 0. The van der Waals surface area contributed by atoms with Gasteiger partial charge in [-0.15, -0.1) is 0 Å². The van der Waals surface area contributed by atoms with Crippen LogP contribution in [0.15, 0.2) is 24.3 Å². The van der Waals surface area contributed by atoms with Crippen LogP contribution < -0.4 is 19.7 Å². The van der Waals surface area contributed by atoms with Crippen molar-refractivity contribution in [1.82, 2.24) is 9.97 Å². The number of ether oxygens (including phenoxy) is 2. The van der Waals surface area contributed by atoms with Crippen LogP contribution in [-0.2, 0) is 0 Å². The summed E-state index contributed by atoms with van der Waals surface area (Å²) in [7, 11) is 0. The number of hydrogen-bond donors (Lipinski definition) is 1. The minimum atomic E-state index is -0.260. The highest BCUT2D eigenvalue weighted by Crippen LogP contribution is 2.32. The van der Waals surface area contributed by atoms with E-state index in [1.807, 2.05) is 6.92 Å². The lowest BCUT2D eigenvalue weighted by molar-refractivity contribution is 0.102. The number of aromatic nitrogens is 2. The van der Waals surface area contributed by atoms with Gasteiger partial charge in [0.15, 0.2) is 11.5 Å². The Balaban J connectivity index is 1.51. The average Bonchev–Trinajstić information content (AvgIpc) is 2.68. The first-order valence-electron chi connectivity index (χ1n) is 9.40. The SMILES string of the molecule is Cc1nc(C(=O)Nc2ccc3c(c2)OCCO3)cc(N2CCC(C)CC2)n1. The average molecular weight is 368 g/mol. The summed E-state index contributed by atoms with van der Waals surface area (Å²) in [6.07, 6.45) is 2.28. The molecule has 0 aliphatic carbocycles. The maximum atomic E-state index is 12.7. The summed E-state index contributed by atoms with van der Waals surface area (Å²) in [6.45, 7) is 7.05. The summed E-state index contributed by atoms with van der Waals surface area (Å²) in [6, 6.07) is 7.14. The van der Waals surface area contributed by atoms with E-state index in [1.165, 1.54) is 0 Å². The molecule has 1 aromatic heterocycles. The number of carbonyl (C=O) groups excluding carboxylic acids is 1. The zero-order valence-corrected chi connectivity index (χ0v) is 15.7. The summed E-state index contributed by atoms with van der Waals surface area (Å²) in [5.74, 6) is 3.23. The lowest BCUT2D eigenvalue weighted by Crippen LogP contribution is -2.34. The fourth-order valence-corrected chi connectivity index (χ4v) is 3.38. The fourth-order valence-electron chi connectivity index (χ4n) is 3.38. The number of benzene rings is 1. The quantitative estimate of drug-likeness (QED) is 0.897. The number of nitrogens with one attached hydrogen (secondary N) is 1. The molecule has 27 heavy (non-hydrogen) atoms. The van der Waals surface area contributed by atoms with Crippen LogP contribution in [0, 0.1) is 12.8 Å². The molecule has 1 aromatic carbocycles. The number of amides is 1. The number of piperidine rings is 1. The van der Waals surface area contributed by atoms with Crippen LogP contribution in [0.25, 0.3) is 0 Å². The van der Waals surface area contributed by atoms with Gasteiger partial charge in [0.05, 0.1) is 0 Å². The molecule has 0 saturated carbocycles. The number of carbonyl (C=O) groups is 1. The molecule has 0 bridgehead atoms. The first kappa shape index (κ1) is 17.6. The van der Waals surface area contributed by atoms with Gasteiger partial charge < -0.3 is 19.7 Å². The van der Waals surface area contributed by atoms with Gasteiger partial charge in [-0.2, -0.15) is 0 Å². The molecule has 0 radical (unpaired) electrons. The van der Waals surface area contributed by atoms with Gasteiger partial charge >= 0.3 is 0 Å². The van der Waals surface area contributed by atoms with Gasteiger partial charge in [0.1, 0.15) is 30.5 Å². The van der Waals surface area contributed by atoms with E-state index in [4.69, 9.17) is 9.47 Å². The Labute approximate surface area is 158 Å². The molecule has 7 nitrogen and oxygen atoms in total. The first-order valence-corrected chi connectivity index (χ1v) is 9.40. The van der Waals surface area contributed by atoms with Gasteiger partial charge in [-0.3, -0.25) is 4.79 Å². The van der Waals surface area contributed by atoms with Gasteiger partial charge in [0.2, 0.25) is 0 Å². The minimum absolute atomic E-state index is 0.260. The Kier molecular flexibility index (Phi) is 4.83. The molecule has 0 spiro atoms. The molecule has 142 valence electrons. The Morgan fingerprint density at radius 3 is 2.63 bits per heavy atom.